The first-order valence-corrected chi connectivity index (χ1v) is 10.3. The molecule has 1 N–H and O–H groups in total. The minimum Gasteiger partial charge on any atom is -0.496 e. The zero-order valence-electron chi connectivity index (χ0n) is 17.3. The van der Waals surface area contributed by atoms with Gasteiger partial charge in [-0.1, -0.05) is 31.2 Å². The van der Waals surface area contributed by atoms with Gasteiger partial charge in [-0.25, -0.2) is 0 Å². The summed E-state index contributed by atoms with van der Waals surface area (Å²) in [6.07, 6.45) is 2.40. The zero-order chi connectivity index (χ0) is 20.9. The number of carbonyl (C=O) groups is 1. The molecule has 2 heterocycles. The van der Waals surface area contributed by atoms with Crippen molar-refractivity contribution in [3.05, 3.63) is 66.2 Å². The summed E-state index contributed by atoms with van der Waals surface area (Å²) in [6.45, 7) is 4.38. The quantitative estimate of drug-likeness (QED) is 0.673. The van der Waals surface area contributed by atoms with Crippen LogP contribution in [0.2, 0.25) is 0 Å². The molecule has 0 aliphatic carbocycles. The van der Waals surface area contributed by atoms with E-state index < -0.39 is 0 Å². The number of amides is 1. The number of hydrogen-bond donors (Lipinski definition) is 1. The number of piperidine rings is 1. The lowest BCUT2D eigenvalue weighted by atomic mass is 9.99. The number of methoxy groups -OCH3 is 1. The Kier molecular flexibility index (Phi) is 5.93. The summed E-state index contributed by atoms with van der Waals surface area (Å²) in [5.74, 6) is 2.06. The zero-order valence-corrected chi connectivity index (χ0v) is 17.3. The molecule has 0 saturated carbocycles. The van der Waals surface area contributed by atoms with Crippen molar-refractivity contribution < 1.29 is 9.53 Å². The maximum Gasteiger partial charge on any atom is 0.259 e. The first-order chi connectivity index (χ1) is 14.6. The molecule has 3 aromatic rings. The number of aromatic nitrogens is 2. The fraction of sp³-hybridized carbons (Fsp3) is 0.292. The van der Waals surface area contributed by atoms with E-state index in [1.165, 1.54) is 12.8 Å². The summed E-state index contributed by atoms with van der Waals surface area (Å²) in [5.41, 5.74) is 2.97. The third-order valence-corrected chi connectivity index (χ3v) is 5.55. The second-order valence-electron chi connectivity index (χ2n) is 7.68. The van der Waals surface area contributed by atoms with Crippen molar-refractivity contribution in [2.75, 3.05) is 30.4 Å². The summed E-state index contributed by atoms with van der Waals surface area (Å²) in [6, 6.07) is 18.8. The van der Waals surface area contributed by atoms with Crippen LogP contribution in [0.25, 0.3) is 11.3 Å². The SMILES string of the molecule is COc1ccccc1C(=O)Nc1ccc(-c2ccc(N3CCC(C)CC3)nn2)cc1. The Morgan fingerprint density at radius 1 is 1.00 bits per heavy atom. The van der Waals surface area contributed by atoms with E-state index in [0.29, 0.717) is 17.0 Å². The lowest BCUT2D eigenvalue weighted by Crippen LogP contribution is -2.33. The van der Waals surface area contributed by atoms with Crippen LogP contribution in [0.4, 0.5) is 11.5 Å². The summed E-state index contributed by atoms with van der Waals surface area (Å²) < 4.78 is 5.26. The highest BCUT2D eigenvalue weighted by Gasteiger charge is 2.17. The number of para-hydroxylation sites is 1. The second kappa shape index (κ2) is 8.95. The minimum absolute atomic E-state index is 0.208. The fourth-order valence-corrected chi connectivity index (χ4v) is 3.64. The smallest absolute Gasteiger partial charge is 0.259 e. The number of nitrogens with zero attached hydrogens (tertiary/aromatic N) is 3. The molecule has 1 aromatic heterocycles. The lowest BCUT2D eigenvalue weighted by Gasteiger charge is -2.30. The van der Waals surface area contributed by atoms with Gasteiger partial charge >= 0.3 is 0 Å². The van der Waals surface area contributed by atoms with Crippen molar-refractivity contribution in [3.8, 4) is 17.0 Å². The van der Waals surface area contributed by atoms with E-state index in [2.05, 4.69) is 27.3 Å². The highest BCUT2D eigenvalue weighted by Crippen LogP contribution is 2.24. The molecule has 0 spiro atoms. The summed E-state index contributed by atoms with van der Waals surface area (Å²) >= 11 is 0. The average molecular weight is 402 g/mol. The van der Waals surface area contributed by atoms with Crippen LogP contribution in [0.5, 0.6) is 5.75 Å². The van der Waals surface area contributed by atoms with Gasteiger partial charge < -0.3 is 15.0 Å². The fourth-order valence-electron chi connectivity index (χ4n) is 3.64. The Balaban J connectivity index is 1.42. The number of nitrogens with one attached hydrogen (secondary N) is 1. The van der Waals surface area contributed by atoms with Gasteiger partial charge in [-0.2, -0.15) is 0 Å². The van der Waals surface area contributed by atoms with E-state index in [0.717, 1.165) is 36.1 Å². The van der Waals surface area contributed by atoms with Crippen molar-refractivity contribution in [2.24, 2.45) is 5.92 Å². The highest BCUT2D eigenvalue weighted by atomic mass is 16.5. The standard InChI is InChI=1S/C24H26N4O2/c1-17-13-15-28(16-14-17)23-12-11-21(26-27-23)18-7-9-19(10-8-18)25-24(29)20-5-3-4-6-22(20)30-2/h3-12,17H,13-16H2,1-2H3,(H,25,29). The Morgan fingerprint density at radius 3 is 2.40 bits per heavy atom. The maximum atomic E-state index is 12.5. The average Bonchev–Trinajstić information content (AvgIpc) is 2.80. The topological polar surface area (TPSA) is 67.3 Å². The van der Waals surface area contributed by atoms with E-state index in [1.54, 1.807) is 19.2 Å². The molecule has 1 amide bonds. The van der Waals surface area contributed by atoms with Crippen LogP contribution in [0, 0.1) is 5.92 Å². The van der Waals surface area contributed by atoms with Gasteiger partial charge in [0.25, 0.3) is 5.91 Å². The molecule has 30 heavy (non-hydrogen) atoms. The van der Waals surface area contributed by atoms with E-state index in [-0.39, 0.29) is 5.91 Å². The maximum absolute atomic E-state index is 12.5. The molecule has 0 bridgehead atoms. The first kappa shape index (κ1) is 19.9. The number of hydrogen-bond acceptors (Lipinski definition) is 5. The molecule has 1 saturated heterocycles. The predicted octanol–water partition coefficient (Wildman–Crippen LogP) is 4.64. The van der Waals surface area contributed by atoms with Gasteiger partial charge in [-0.15, -0.1) is 10.2 Å². The van der Waals surface area contributed by atoms with Crippen molar-refractivity contribution in [1.82, 2.24) is 10.2 Å². The lowest BCUT2D eigenvalue weighted by molar-refractivity contribution is 0.102. The summed E-state index contributed by atoms with van der Waals surface area (Å²) in [5, 5.41) is 11.7. The normalized spacial score (nSPS) is 14.4. The molecular weight excluding hydrogens is 376 g/mol. The minimum atomic E-state index is -0.208. The summed E-state index contributed by atoms with van der Waals surface area (Å²) in [7, 11) is 1.55. The molecular formula is C24H26N4O2. The van der Waals surface area contributed by atoms with Crippen LogP contribution in [-0.2, 0) is 0 Å². The van der Waals surface area contributed by atoms with Crippen molar-refractivity contribution >= 4 is 17.4 Å². The third-order valence-electron chi connectivity index (χ3n) is 5.55. The monoisotopic (exact) mass is 402 g/mol. The highest BCUT2D eigenvalue weighted by molar-refractivity contribution is 6.06. The Hall–Kier alpha value is -3.41. The molecule has 4 rings (SSSR count). The molecule has 0 atom stereocenters. The molecule has 1 fully saturated rings. The molecule has 1 aliphatic heterocycles. The molecule has 0 unspecified atom stereocenters. The van der Waals surface area contributed by atoms with Crippen LogP contribution >= 0.6 is 0 Å². The van der Waals surface area contributed by atoms with E-state index in [9.17, 15) is 4.79 Å². The van der Waals surface area contributed by atoms with Crippen molar-refractivity contribution in [1.29, 1.82) is 0 Å². The molecule has 1 aliphatic rings. The molecule has 0 radical (unpaired) electrons. The van der Waals surface area contributed by atoms with Gasteiger partial charge in [0.2, 0.25) is 0 Å². The molecule has 6 nitrogen and oxygen atoms in total. The Bertz CT molecular complexity index is 994. The van der Waals surface area contributed by atoms with Crippen LogP contribution in [0.15, 0.2) is 60.7 Å². The van der Waals surface area contributed by atoms with E-state index in [4.69, 9.17) is 4.74 Å². The van der Waals surface area contributed by atoms with E-state index in [1.807, 2.05) is 48.5 Å². The second-order valence-corrected chi connectivity index (χ2v) is 7.68. The van der Waals surface area contributed by atoms with Gasteiger partial charge in [-0.05, 0) is 55.2 Å². The summed E-state index contributed by atoms with van der Waals surface area (Å²) in [4.78, 5) is 14.8. The van der Waals surface area contributed by atoms with Gasteiger partial charge in [0.1, 0.15) is 5.75 Å². The predicted molar refractivity (Wildman–Crippen MR) is 119 cm³/mol. The van der Waals surface area contributed by atoms with Gasteiger partial charge in [0, 0.05) is 24.3 Å². The largest absolute Gasteiger partial charge is 0.496 e. The first-order valence-electron chi connectivity index (χ1n) is 10.3. The van der Waals surface area contributed by atoms with Crippen LogP contribution in [0.3, 0.4) is 0 Å². The van der Waals surface area contributed by atoms with Crippen molar-refractivity contribution in [3.63, 3.8) is 0 Å². The Morgan fingerprint density at radius 2 is 1.73 bits per heavy atom. The Labute approximate surface area is 176 Å². The van der Waals surface area contributed by atoms with Crippen molar-refractivity contribution in [2.45, 2.75) is 19.8 Å². The van der Waals surface area contributed by atoms with E-state index >= 15 is 0 Å². The number of rotatable bonds is 5. The molecule has 2 aromatic carbocycles. The van der Waals surface area contributed by atoms with Gasteiger partial charge in [0.15, 0.2) is 5.82 Å². The third kappa shape index (κ3) is 4.43. The van der Waals surface area contributed by atoms with Crippen LogP contribution < -0.4 is 15.0 Å². The number of ether oxygens (including phenoxy) is 1. The number of anilines is 2. The molecule has 154 valence electrons. The van der Waals surface area contributed by atoms with Crippen LogP contribution in [-0.4, -0.2) is 36.3 Å². The van der Waals surface area contributed by atoms with Gasteiger partial charge in [-0.3, -0.25) is 4.79 Å². The van der Waals surface area contributed by atoms with Crippen LogP contribution in [0.1, 0.15) is 30.1 Å². The number of carbonyl (C=O) groups excluding carboxylic acids is 1. The number of benzene rings is 2. The molecule has 6 heteroatoms. The van der Waals surface area contributed by atoms with Gasteiger partial charge in [0.05, 0.1) is 18.4 Å².